The number of carbonyl (C=O) groups is 1. The first-order valence-electron chi connectivity index (χ1n) is 8.66. The van der Waals surface area contributed by atoms with Crippen LogP contribution in [0.4, 0.5) is 0 Å². The maximum absolute atomic E-state index is 11.1. The van der Waals surface area contributed by atoms with Crippen molar-refractivity contribution in [1.82, 2.24) is 9.78 Å². The van der Waals surface area contributed by atoms with Crippen LogP contribution in [0.15, 0.2) is 29.3 Å². The summed E-state index contributed by atoms with van der Waals surface area (Å²) in [5.41, 5.74) is 4.47. The molecule has 8 heteroatoms. The quantitative estimate of drug-likeness (QED) is 0.823. The van der Waals surface area contributed by atoms with E-state index in [0.29, 0.717) is 4.90 Å². The number of aliphatic hydroxyl groups excluding tert-OH is 1. The lowest BCUT2D eigenvalue weighted by Crippen LogP contribution is -2.15. The minimum Gasteiger partial charge on any atom is -0.480 e. The molecular weight excluding hydrogens is 368 g/mol. The zero-order valence-electron chi connectivity index (χ0n) is 16.3. The summed E-state index contributed by atoms with van der Waals surface area (Å²) in [6.45, 7) is 3.86. The first-order valence-corrected chi connectivity index (χ1v) is 10.5. The minimum absolute atomic E-state index is 0.00463. The summed E-state index contributed by atoms with van der Waals surface area (Å²) in [5.74, 6) is -0.823. The zero-order valence-corrected chi connectivity index (χ0v) is 17.1. The van der Waals surface area contributed by atoms with Crippen molar-refractivity contribution in [1.29, 1.82) is 0 Å². The highest BCUT2D eigenvalue weighted by Gasteiger charge is 2.15. The van der Waals surface area contributed by atoms with Gasteiger partial charge in [0.2, 0.25) is 0 Å². The Labute approximate surface area is 160 Å². The Morgan fingerprint density at radius 3 is 2.33 bits per heavy atom. The molecule has 2 N–H and O–H groups in total. The van der Waals surface area contributed by atoms with Crippen molar-refractivity contribution in [3.8, 4) is 0 Å². The van der Waals surface area contributed by atoms with Gasteiger partial charge in [-0.05, 0) is 68.4 Å². The molecule has 150 valence electrons. The van der Waals surface area contributed by atoms with Gasteiger partial charge >= 0.3 is 5.97 Å². The van der Waals surface area contributed by atoms with E-state index >= 15 is 0 Å². The van der Waals surface area contributed by atoms with Gasteiger partial charge in [-0.1, -0.05) is 6.07 Å². The van der Waals surface area contributed by atoms with Crippen molar-refractivity contribution in [2.45, 2.75) is 51.0 Å². The number of aromatic nitrogens is 2. The number of aliphatic carboxylic acids is 1. The van der Waals surface area contributed by atoms with E-state index in [9.17, 15) is 13.2 Å². The molecule has 0 unspecified atom stereocenters. The van der Waals surface area contributed by atoms with Crippen LogP contribution in [0.3, 0.4) is 0 Å². The van der Waals surface area contributed by atoms with Gasteiger partial charge in [-0.25, -0.2) is 8.42 Å². The van der Waals surface area contributed by atoms with E-state index in [0.717, 1.165) is 43.2 Å². The van der Waals surface area contributed by atoms with Gasteiger partial charge in [-0.2, -0.15) is 5.10 Å². The van der Waals surface area contributed by atoms with Crippen LogP contribution in [0.2, 0.25) is 0 Å². The van der Waals surface area contributed by atoms with Gasteiger partial charge in [-0.15, -0.1) is 0 Å². The molecule has 2 aromatic rings. The summed E-state index contributed by atoms with van der Waals surface area (Å²) < 4.78 is 23.8. The van der Waals surface area contributed by atoms with Crippen LogP contribution >= 0.6 is 0 Å². The summed E-state index contributed by atoms with van der Waals surface area (Å²) in [6.07, 6.45) is 7.40. The Morgan fingerprint density at radius 1 is 1.15 bits per heavy atom. The van der Waals surface area contributed by atoms with Gasteiger partial charge in [0.1, 0.15) is 6.54 Å². The summed E-state index contributed by atoms with van der Waals surface area (Å²) in [4.78, 5) is 10.9. The number of hydrogen-bond acceptors (Lipinski definition) is 5. The fourth-order valence-electron chi connectivity index (χ4n) is 2.76. The van der Waals surface area contributed by atoms with Crippen LogP contribution in [-0.4, -0.2) is 47.7 Å². The molecule has 0 radical (unpaired) electrons. The van der Waals surface area contributed by atoms with Crippen LogP contribution in [0.5, 0.6) is 0 Å². The fourth-order valence-corrected chi connectivity index (χ4v) is 3.47. The van der Waals surface area contributed by atoms with Crippen LogP contribution in [0, 0.1) is 13.8 Å². The lowest BCUT2D eigenvalue weighted by Gasteiger charge is -2.12. The number of rotatable bonds is 3. The monoisotopic (exact) mass is 396 g/mol. The van der Waals surface area contributed by atoms with Gasteiger partial charge in [0.15, 0.2) is 9.84 Å². The van der Waals surface area contributed by atoms with E-state index in [1.165, 1.54) is 18.2 Å². The fraction of sp³-hybridized carbons (Fsp3) is 0.474. The third-order valence-electron chi connectivity index (χ3n) is 4.34. The Balaban J connectivity index is 0.000000248. The van der Waals surface area contributed by atoms with Crippen LogP contribution < -0.4 is 0 Å². The average Bonchev–Trinajstić information content (AvgIpc) is 3.01. The number of fused-ring (bicyclic) bond motifs is 1. The number of benzene rings is 1. The minimum atomic E-state index is -3.04. The van der Waals surface area contributed by atoms with Crippen LogP contribution in [0.25, 0.3) is 0 Å². The number of aryl methyl sites for hydroxylation is 3. The van der Waals surface area contributed by atoms with Gasteiger partial charge in [0, 0.05) is 19.1 Å². The molecule has 7 nitrogen and oxygen atoms in total. The van der Waals surface area contributed by atoms with Gasteiger partial charge < -0.3 is 10.2 Å². The normalized spacial score (nSPS) is 12.8. The summed E-state index contributed by atoms with van der Waals surface area (Å²) in [7, 11) is -2.04. The molecule has 0 bridgehead atoms. The highest BCUT2D eigenvalue weighted by atomic mass is 32.2. The number of carboxylic acids is 1. The molecule has 1 aromatic carbocycles. The van der Waals surface area contributed by atoms with Crippen molar-refractivity contribution >= 4 is 15.8 Å². The molecule has 1 aliphatic rings. The standard InChI is InChI=1S/C9H12N2O2.C9H12O2S.CH4O/c12-9(13)6-11-8-4-2-1-3-7(8)5-10-11;1-7-4-5-9(6-8(7)2)12(3,10)11;1-2/h5H,1-4,6H2,(H,12,13);4-6H,1-3H3;2H,1H3. The molecule has 27 heavy (non-hydrogen) atoms. The first kappa shape index (κ1) is 22.9. The summed E-state index contributed by atoms with van der Waals surface area (Å²) in [6, 6.07) is 5.16. The molecule has 0 fully saturated rings. The Hall–Kier alpha value is -2.19. The molecule has 0 aliphatic heterocycles. The Bertz CT molecular complexity index is 872. The smallest absolute Gasteiger partial charge is 0.325 e. The molecule has 0 atom stereocenters. The molecule has 1 heterocycles. The van der Waals surface area contributed by atoms with E-state index in [1.807, 2.05) is 19.9 Å². The topological polar surface area (TPSA) is 109 Å². The predicted octanol–water partition coefficient (Wildman–Crippen LogP) is 2.16. The third-order valence-corrected chi connectivity index (χ3v) is 5.45. The van der Waals surface area contributed by atoms with Crippen molar-refractivity contribution in [2.24, 2.45) is 0 Å². The van der Waals surface area contributed by atoms with E-state index < -0.39 is 15.8 Å². The Morgan fingerprint density at radius 2 is 1.78 bits per heavy atom. The van der Waals surface area contributed by atoms with E-state index in [4.69, 9.17) is 10.2 Å². The molecule has 0 amide bonds. The lowest BCUT2D eigenvalue weighted by atomic mass is 9.98. The van der Waals surface area contributed by atoms with Crippen LogP contribution in [-0.2, 0) is 34.0 Å². The van der Waals surface area contributed by atoms with E-state index in [1.54, 1.807) is 23.0 Å². The number of sulfone groups is 1. The first-order chi connectivity index (χ1) is 12.7. The highest BCUT2D eigenvalue weighted by Crippen LogP contribution is 2.20. The van der Waals surface area contributed by atoms with Crippen molar-refractivity contribution in [3.05, 3.63) is 46.8 Å². The molecule has 0 saturated carbocycles. The van der Waals surface area contributed by atoms with Crippen molar-refractivity contribution < 1.29 is 23.4 Å². The molecule has 1 aliphatic carbocycles. The lowest BCUT2D eigenvalue weighted by molar-refractivity contribution is -0.137. The molecule has 3 rings (SSSR count). The van der Waals surface area contributed by atoms with E-state index in [2.05, 4.69) is 5.10 Å². The predicted molar refractivity (Wildman–Crippen MR) is 104 cm³/mol. The number of carboxylic acid groups (broad SMARTS) is 1. The summed E-state index contributed by atoms with van der Waals surface area (Å²) in [5, 5.41) is 19.7. The van der Waals surface area contributed by atoms with Gasteiger partial charge in [0.05, 0.1) is 11.1 Å². The van der Waals surface area contributed by atoms with Gasteiger partial charge in [-0.3, -0.25) is 9.48 Å². The second-order valence-electron chi connectivity index (χ2n) is 6.39. The molecule has 0 spiro atoms. The molecule has 0 saturated heterocycles. The average molecular weight is 397 g/mol. The summed E-state index contributed by atoms with van der Waals surface area (Å²) >= 11 is 0. The third kappa shape index (κ3) is 6.80. The second-order valence-corrected chi connectivity index (χ2v) is 8.41. The van der Waals surface area contributed by atoms with Gasteiger partial charge in [0.25, 0.3) is 0 Å². The number of hydrogen-bond donors (Lipinski definition) is 2. The SMILES string of the molecule is CO.Cc1ccc(S(C)(=O)=O)cc1C.O=C(O)Cn1ncc2c1CCCC2. The van der Waals surface area contributed by atoms with E-state index in [-0.39, 0.29) is 6.54 Å². The highest BCUT2D eigenvalue weighted by molar-refractivity contribution is 7.90. The van der Waals surface area contributed by atoms with Crippen LogP contribution in [0.1, 0.15) is 35.2 Å². The number of nitrogens with zero attached hydrogens (tertiary/aromatic N) is 2. The maximum Gasteiger partial charge on any atom is 0.325 e. The number of aliphatic hydroxyl groups is 1. The van der Waals surface area contributed by atoms with Crippen molar-refractivity contribution in [3.63, 3.8) is 0 Å². The maximum atomic E-state index is 11.1. The largest absolute Gasteiger partial charge is 0.480 e. The molecular formula is C19H28N2O5S. The zero-order chi connectivity index (χ0) is 20.6. The Kier molecular flexibility index (Phi) is 8.65. The molecule has 1 aromatic heterocycles. The second kappa shape index (κ2) is 10.2. The van der Waals surface area contributed by atoms with Crippen molar-refractivity contribution in [2.75, 3.05) is 13.4 Å².